The molecule has 0 unspecified atom stereocenters. The van der Waals surface area contributed by atoms with Crippen LogP contribution in [-0.4, -0.2) is 29.6 Å². The predicted octanol–water partition coefficient (Wildman–Crippen LogP) is 3.04. The van der Waals surface area contributed by atoms with Crippen molar-refractivity contribution < 1.29 is 9.18 Å². The second-order valence-corrected chi connectivity index (χ2v) is 4.34. The van der Waals surface area contributed by atoms with Crippen molar-refractivity contribution in [3.8, 4) is 0 Å². The van der Waals surface area contributed by atoms with E-state index >= 15 is 0 Å². The number of carbonyl (C=O) groups excluding carboxylic acids is 1. The van der Waals surface area contributed by atoms with E-state index in [1.54, 1.807) is 26.2 Å². The van der Waals surface area contributed by atoms with E-state index < -0.39 is 0 Å². The minimum Gasteiger partial charge on any atom is -0.330 e. The molecule has 0 radical (unpaired) electrons. The molecule has 0 spiro atoms. The number of amides is 1. The Labute approximate surface area is 105 Å². The van der Waals surface area contributed by atoms with Gasteiger partial charge in [-0.25, -0.2) is 9.18 Å². The number of hydrogen-bond acceptors (Lipinski definition) is 1. The average Bonchev–Trinajstić information content (AvgIpc) is 2.66. The van der Waals surface area contributed by atoms with E-state index in [9.17, 15) is 9.18 Å². The molecule has 2 rings (SSSR count). The van der Waals surface area contributed by atoms with Gasteiger partial charge >= 0.3 is 6.03 Å². The number of benzene rings is 1. The second kappa shape index (κ2) is 4.64. The summed E-state index contributed by atoms with van der Waals surface area (Å²) < 4.78 is 14.8. The third kappa shape index (κ3) is 2.01. The second-order valence-electron chi connectivity index (χ2n) is 4.34. The number of rotatable bonds is 2. The maximum absolute atomic E-state index is 13.3. The Bertz CT molecular complexity index is 614. The summed E-state index contributed by atoms with van der Waals surface area (Å²) in [5.74, 6) is -0.349. The minimum atomic E-state index is -0.349. The fourth-order valence-electron chi connectivity index (χ4n) is 1.96. The number of nitrogens with zero attached hydrogens (tertiary/aromatic N) is 2. The Morgan fingerprint density at radius 2 is 2.17 bits per heavy atom. The van der Waals surface area contributed by atoms with E-state index in [1.807, 2.05) is 6.07 Å². The fourth-order valence-corrected chi connectivity index (χ4v) is 1.96. The summed E-state index contributed by atoms with van der Waals surface area (Å²) >= 11 is 0. The molecule has 1 aromatic carbocycles. The molecule has 0 aliphatic carbocycles. The highest BCUT2D eigenvalue weighted by Crippen LogP contribution is 2.22. The lowest BCUT2D eigenvalue weighted by atomic mass is 10.2. The molecule has 0 saturated carbocycles. The first-order valence-corrected chi connectivity index (χ1v) is 5.67. The maximum Gasteiger partial charge on any atom is 0.328 e. The van der Waals surface area contributed by atoms with Crippen molar-refractivity contribution in [2.24, 2.45) is 0 Å². The number of aromatic nitrogens is 1. The molecule has 0 aliphatic heterocycles. The normalized spacial score (nSPS) is 10.6. The lowest BCUT2D eigenvalue weighted by Gasteiger charge is -2.14. The highest BCUT2D eigenvalue weighted by Gasteiger charge is 2.16. The van der Waals surface area contributed by atoms with Gasteiger partial charge in [0.15, 0.2) is 0 Å². The molecule has 1 amide bonds. The van der Waals surface area contributed by atoms with Gasteiger partial charge in [0, 0.05) is 31.6 Å². The topological polar surface area (TPSA) is 25.2 Å². The Balaban J connectivity index is 2.71. The highest BCUT2D eigenvalue weighted by atomic mass is 19.1. The standard InChI is InChI=1S/C14H15FN2O/c1-4-5-12-8-10-6-7-11(15)9-13(10)17(12)14(18)16(2)3/h4,6-9H,1,5H2,2-3H3. The summed E-state index contributed by atoms with van der Waals surface area (Å²) in [5.41, 5.74) is 1.40. The highest BCUT2D eigenvalue weighted by molar-refractivity contribution is 5.92. The van der Waals surface area contributed by atoms with Gasteiger partial charge in [-0.1, -0.05) is 6.08 Å². The summed E-state index contributed by atoms with van der Waals surface area (Å²) in [6.45, 7) is 3.68. The van der Waals surface area contributed by atoms with Gasteiger partial charge in [0.25, 0.3) is 0 Å². The van der Waals surface area contributed by atoms with Crippen molar-refractivity contribution in [3.05, 3.63) is 48.4 Å². The molecule has 0 saturated heterocycles. The molecule has 0 N–H and O–H groups in total. The summed E-state index contributed by atoms with van der Waals surface area (Å²) in [5, 5.41) is 0.850. The quantitative estimate of drug-likeness (QED) is 0.748. The van der Waals surface area contributed by atoms with Gasteiger partial charge < -0.3 is 4.90 Å². The Morgan fingerprint density at radius 3 is 2.78 bits per heavy atom. The van der Waals surface area contributed by atoms with Gasteiger partial charge in [0.1, 0.15) is 5.82 Å². The zero-order valence-corrected chi connectivity index (χ0v) is 10.5. The molecule has 3 nitrogen and oxygen atoms in total. The van der Waals surface area contributed by atoms with E-state index in [1.165, 1.54) is 21.6 Å². The fraction of sp³-hybridized carbons (Fsp3) is 0.214. The first-order valence-electron chi connectivity index (χ1n) is 5.67. The van der Waals surface area contributed by atoms with Crippen LogP contribution in [0.3, 0.4) is 0 Å². The Kier molecular flexibility index (Phi) is 3.19. The third-order valence-electron chi connectivity index (χ3n) is 2.77. The van der Waals surface area contributed by atoms with Crippen LogP contribution in [0.25, 0.3) is 10.9 Å². The van der Waals surface area contributed by atoms with Gasteiger partial charge in [-0.15, -0.1) is 6.58 Å². The molecule has 1 aromatic heterocycles. The molecule has 0 bridgehead atoms. The van der Waals surface area contributed by atoms with Crippen molar-refractivity contribution in [3.63, 3.8) is 0 Å². The van der Waals surface area contributed by atoms with Crippen molar-refractivity contribution in [1.82, 2.24) is 9.47 Å². The molecule has 18 heavy (non-hydrogen) atoms. The zero-order valence-electron chi connectivity index (χ0n) is 10.5. The molecule has 4 heteroatoms. The molecule has 1 heterocycles. The van der Waals surface area contributed by atoms with Crippen LogP contribution >= 0.6 is 0 Å². The maximum atomic E-state index is 13.3. The summed E-state index contributed by atoms with van der Waals surface area (Å²) in [7, 11) is 3.34. The number of allylic oxidation sites excluding steroid dienone is 1. The number of fused-ring (bicyclic) bond motifs is 1. The number of carbonyl (C=O) groups is 1. The summed E-state index contributed by atoms with van der Waals surface area (Å²) in [6.07, 6.45) is 2.29. The van der Waals surface area contributed by atoms with E-state index in [-0.39, 0.29) is 11.8 Å². The molecule has 94 valence electrons. The smallest absolute Gasteiger partial charge is 0.328 e. The third-order valence-corrected chi connectivity index (χ3v) is 2.77. The van der Waals surface area contributed by atoms with Crippen molar-refractivity contribution in [2.45, 2.75) is 6.42 Å². The monoisotopic (exact) mass is 246 g/mol. The zero-order chi connectivity index (χ0) is 13.3. The summed E-state index contributed by atoms with van der Waals surface area (Å²) in [4.78, 5) is 13.6. The Morgan fingerprint density at radius 1 is 1.44 bits per heavy atom. The van der Waals surface area contributed by atoms with E-state index in [0.717, 1.165) is 11.1 Å². The molecule has 0 aliphatic rings. The predicted molar refractivity (Wildman–Crippen MR) is 70.3 cm³/mol. The SMILES string of the molecule is C=CCc1cc2ccc(F)cc2n1C(=O)N(C)C. The van der Waals surface area contributed by atoms with Crippen LogP contribution < -0.4 is 0 Å². The van der Waals surface area contributed by atoms with E-state index in [2.05, 4.69) is 6.58 Å². The van der Waals surface area contributed by atoms with Crippen molar-refractivity contribution in [1.29, 1.82) is 0 Å². The van der Waals surface area contributed by atoms with Crippen LogP contribution in [0.1, 0.15) is 5.69 Å². The first kappa shape index (κ1) is 12.4. The van der Waals surface area contributed by atoms with Crippen LogP contribution in [-0.2, 0) is 6.42 Å². The van der Waals surface area contributed by atoms with E-state index in [0.29, 0.717) is 11.9 Å². The lowest BCUT2D eigenvalue weighted by molar-refractivity contribution is 0.219. The minimum absolute atomic E-state index is 0.188. The van der Waals surface area contributed by atoms with Crippen LogP contribution in [0.15, 0.2) is 36.9 Å². The van der Waals surface area contributed by atoms with E-state index in [4.69, 9.17) is 0 Å². The molecule has 0 atom stereocenters. The van der Waals surface area contributed by atoms with Crippen LogP contribution in [0, 0.1) is 5.82 Å². The van der Waals surface area contributed by atoms with Crippen LogP contribution in [0.2, 0.25) is 0 Å². The van der Waals surface area contributed by atoms with Crippen molar-refractivity contribution >= 4 is 16.9 Å². The average molecular weight is 246 g/mol. The van der Waals surface area contributed by atoms with Gasteiger partial charge in [0.05, 0.1) is 5.52 Å². The van der Waals surface area contributed by atoms with Gasteiger partial charge in [-0.2, -0.15) is 0 Å². The Hall–Kier alpha value is -2.10. The first-order chi connectivity index (χ1) is 8.54. The molecule has 0 fully saturated rings. The number of hydrogen-bond donors (Lipinski definition) is 0. The van der Waals surface area contributed by atoms with Crippen LogP contribution in [0.5, 0.6) is 0 Å². The van der Waals surface area contributed by atoms with Gasteiger partial charge in [-0.05, 0) is 24.3 Å². The largest absolute Gasteiger partial charge is 0.330 e. The number of halogens is 1. The lowest BCUT2D eigenvalue weighted by Crippen LogP contribution is -2.28. The van der Waals surface area contributed by atoms with Gasteiger partial charge in [-0.3, -0.25) is 4.57 Å². The molecular weight excluding hydrogens is 231 g/mol. The molecule has 2 aromatic rings. The summed E-state index contributed by atoms with van der Waals surface area (Å²) in [6, 6.07) is 6.15. The van der Waals surface area contributed by atoms with Crippen molar-refractivity contribution in [2.75, 3.05) is 14.1 Å². The van der Waals surface area contributed by atoms with Crippen LogP contribution in [0.4, 0.5) is 9.18 Å². The van der Waals surface area contributed by atoms with Gasteiger partial charge in [0.2, 0.25) is 0 Å². The molecular formula is C14H15FN2O.